The summed E-state index contributed by atoms with van der Waals surface area (Å²) in [5, 5.41) is 3.72. The van der Waals surface area contributed by atoms with Crippen molar-refractivity contribution in [3.8, 4) is 33.4 Å². The van der Waals surface area contributed by atoms with Crippen molar-refractivity contribution in [1.82, 2.24) is 9.38 Å². The highest BCUT2D eigenvalue weighted by Gasteiger charge is 2.22. The maximum Gasteiger partial charge on any atom is 0.264 e. The molecule has 0 N–H and O–H groups in total. The highest BCUT2D eigenvalue weighted by Crippen LogP contribution is 2.39. The number of rotatable bonds is 3. The monoisotopic (exact) mass is 498 g/mol. The van der Waals surface area contributed by atoms with E-state index in [1.54, 1.807) is 0 Å². The summed E-state index contributed by atoms with van der Waals surface area (Å²) in [5.41, 5.74) is 8.71. The van der Waals surface area contributed by atoms with Crippen LogP contribution < -0.4 is 5.56 Å². The third-order valence-corrected chi connectivity index (χ3v) is 7.77. The van der Waals surface area contributed by atoms with Crippen LogP contribution in [0.25, 0.3) is 71.6 Å². The molecule has 6 aromatic carbocycles. The molecule has 0 aliphatic rings. The summed E-state index contributed by atoms with van der Waals surface area (Å²) >= 11 is 0. The van der Waals surface area contributed by atoms with Crippen molar-refractivity contribution in [2.45, 2.75) is 0 Å². The molecule has 3 heteroatoms. The largest absolute Gasteiger partial charge is 0.268 e. The van der Waals surface area contributed by atoms with E-state index < -0.39 is 0 Å². The van der Waals surface area contributed by atoms with Crippen LogP contribution in [-0.4, -0.2) is 9.38 Å². The topological polar surface area (TPSA) is 34.4 Å². The van der Waals surface area contributed by atoms with Gasteiger partial charge < -0.3 is 0 Å². The van der Waals surface area contributed by atoms with Gasteiger partial charge >= 0.3 is 0 Å². The minimum atomic E-state index is -0.0433. The Labute approximate surface area is 224 Å². The normalized spacial score (nSPS) is 11.7. The number of pyridine rings is 1. The molecule has 0 aliphatic heterocycles. The molecule has 0 saturated carbocycles. The van der Waals surface area contributed by atoms with E-state index in [1.807, 2.05) is 71.1 Å². The first-order valence-electron chi connectivity index (χ1n) is 13.1. The van der Waals surface area contributed by atoms with Crippen molar-refractivity contribution in [3.63, 3.8) is 0 Å². The average Bonchev–Trinajstić information content (AvgIpc) is 3.41. The molecule has 8 rings (SSSR count). The summed E-state index contributed by atoms with van der Waals surface area (Å²) in [7, 11) is 0. The van der Waals surface area contributed by atoms with Gasteiger partial charge in [-0.2, -0.15) is 0 Å². The van der Waals surface area contributed by atoms with Crippen molar-refractivity contribution in [3.05, 3.63) is 144 Å². The van der Waals surface area contributed by atoms with Crippen LogP contribution in [0.4, 0.5) is 0 Å². The first-order chi connectivity index (χ1) is 19.3. The van der Waals surface area contributed by atoms with Gasteiger partial charge in [0.2, 0.25) is 0 Å². The minimum absolute atomic E-state index is 0.0433. The summed E-state index contributed by atoms with van der Waals surface area (Å²) in [5.74, 6) is 0. The van der Waals surface area contributed by atoms with Crippen LogP contribution in [0.5, 0.6) is 0 Å². The molecule has 0 fully saturated rings. The van der Waals surface area contributed by atoms with Crippen molar-refractivity contribution < 1.29 is 0 Å². The molecule has 39 heavy (non-hydrogen) atoms. The third kappa shape index (κ3) is 3.17. The standard InChI is InChI=1S/C36H22N2O/c39-36-31-18-10-17-29-26(23-11-4-1-5-12-23)19-22-30(32(29)31)35-37-33-27(24-13-6-2-7-14-24)20-21-28(34(33)38(35)36)25-15-8-3-9-16-25/h1-22H. The van der Waals surface area contributed by atoms with Crippen LogP contribution in [0.15, 0.2) is 138 Å². The second-order valence-corrected chi connectivity index (χ2v) is 9.92. The first kappa shape index (κ1) is 21.8. The zero-order chi connectivity index (χ0) is 25.9. The fourth-order valence-electron chi connectivity index (χ4n) is 6.02. The molecule has 0 unspecified atom stereocenters. The average molecular weight is 499 g/mol. The van der Waals surface area contributed by atoms with Gasteiger partial charge in [-0.3, -0.25) is 9.20 Å². The highest BCUT2D eigenvalue weighted by molar-refractivity contribution is 6.20. The number of benzene rings is 6. The number of nitrogens with zero attached hydrogens (tertiary/aromatic N) is 2. The summed E-state index contributed by atoms with van der Waals surface area (Å²) in [6.07, 6.45) is 0. The molecule has 0 aliphatic carbocycles. The fourth-order valence-corrected chi connectivity index (χ4v) is 6.02. The molecule has 2 aromatic heterocycles. The number of aromatic nitrogens is 2. The number of fused-ring (bicyclic) bond motifs is 4. The Balaban J connectivity index is 1.57. The zero-order valence-electron chi connectivity index (χ0n) is 21.0. The van der Waals surface area contributed by atoms with E-state index >= 15 is 0 Å². The molecule has 0 atom stereocenters. The van der Waals surface area contributed by atoms with Crippen molar-refractivity contribution in [2.75, 3.05) is 0 Å². The number of hydrogen-bond donors (Lipinski definition) is 0. The maximum absolute atomic E-state index is 14.4. The fraction of sp³-hybridized carbons (Fsp3) is 0. The molecule has 8 aromatic rings. The Kier molecular flexibility index (Phi) is 4.67. The second-order valence-electron chi connectivity index (χ2n) is 9.92. The van der Waals surface area contributed by atoms with Gasteiger partial charge in [0.05, 0.1) is 11.0 Å². The van der Waals surface area contributed by atoms with Gasteiger partial charge in [0.25, 0.3) is 5.56 Å². The lowest BCUT2D eigenvalue weighted by molar-refractivity contribution is 1.19. The van der Waals surface area contributed by atoms with Crippen molar-refractivity contribution in [2.24, 2.45) is 0 Å². The van der Waals surface area contributed by atoms with Gasteiger partial charge in [-0.25, -0.2) is 4.98 Å². The van der Waals surface area contributed by atoms with Gasteiger partial charge in [-0.15, -0.1) is 0 Å². The van der Waals surface area contributed by atoms with Crippen LogP contribution in [0.1, 0.15) is 0 Å². The van der Waals surface area contributed by atoms with Gasteiger partial charge in [0.1, 0.15) is 5.65 Å². The number of imidazole rings is 1. The molecule has 0 radical (unpaired) electrons. The Bertz CT molecular complexity index is 2220. The third-order valence-electron chi connectivity index (χ3n) is 7.77. The highest BCUT2D eigenvalue weighted by atomic mass is 16.1. The lowest BCUT2D eigenvalue weighted by Gasteiger charge is -2.12. The van der Waals surface area contributed by atoms with Crippen molar-refractivity contribution >= 4 is 38.2 Å². The van der Waals surface area contributed by atoms with Crippen LogP contribution in [0, 0.1) is 0 Å². The molecule has 3 nitrogen and oxygen atoms in total. The molecule has 0 bridgehead atoms. The molecular formula is C36H22N2O. The summed E-state index contributed by atoms with van der Waals surface area (Å²) in [6, 6.07) is 45.5. The lowest BCUT2D eigenvalue weighted by Crippen LogP contribution is -2.13. The predicted molar refractivity (Wildman–Crippen MR) is 161 cm³/mol. The Morgan fingerprint density at radius 1 is 0.462 bits per heavy atom. The van der Waals surface area contributed by atoms with Crippen LogP contribution in [0.3, 0.4) is 0 Å². The molecule has 2 heterocycles. The molecule has 0 spiro atoms. The predicted octanol–water partition coefficient (Wildman–Crippen LogP) is 8.59. The van der Waals surface area contributed by atoms with Crippen LogP contribution in [0.2, 0.25) is 0 Å². The Morgan fingerprint density at radius 3 is 1.67 bits per heavy atom. The van der Waals surface area contributed by atoms with E-state index in [0.717, 1.165) is 60.6 Å². The van der Waals surface area contributed by atoms with E-state index in [0.29, 0.717) is 11.0 Å². The maximum atomic E-state index is 14.4. The van der Waals surface area contributed by atoms with E-state index in [9.17, 15) is 4.79 Å². The van der Waals surface area contributed by atoms with Crippen LogP contribution in [-0.2, 0) is 0 Å². The summed E-state index contributed by atoms with van der Waals surface area (Å²) < 4.78 is 1.84. The Morgan fingerprint density at radius 2 is 1.00 bits per heavy atom. The van der Waals surface area contributed by atoms with Gasteiger partial charge in [-0.05, 0) is 39.8 Å². The van der Waals surface area contributed by atoms with E-state index in [2.05, 4.69) is 66.7 Å². The van der Waals surface area contributed by atoms with Gasteiger partial charge in [0, 0.05) is 27.3 Å². The summed E-state index contributed by atoms with van der Waals surface area (Å²) in [4.78, 5) is 19.6. The second kappa shape index (κ2) is 8.37. The summed E-state index contributed by atoms with van der Waals surface area (Å²) in [6.45, 7) is 0. The van der Waals surface area contributed by atoms with Crippen LogP contribution >= 0.6 is 0 Å². The van der Waals surface area contributed by atoms with E-state index in [4.69, 9.17) is 4.98 Å². The lowest BCUT2D eigenvalue weighted by atomic mass is 9.94. The SMILES string of the molecule is O=c1c2cccc3c(-c4ccccc4)ccc(c32)c2nc3c(-c4ccccc4)ccc(-c4ccccc4)c3n12. The smallest absolute Gasteiger partial charge is 0.264 e. The molecule has 0 saturated heterocycles. The van der Waals surface area contributed by atoms with Gasteiger partial charge in [0.15, 0.2) is 0 Å². The molecular weight excluding hydrogens is 476 g/mol. The zero-order valence-corrected chi connectivity index (χ0v) is 21.0. The van der Waals surface area contributed by atoms with E-state index in [-0.39, 0.29) is 5.56 Å². The van der Waals surface area contributed by atoms with Crippen molar-refractivity contribution in [1.29, 1.82) is 0 Å². The number of hydrogen-bond acceptors (Lipinski definition) is 2. The Hall–Kier alpha value is -5.28. The minimum Gasteiger partial charge on any atom is -0.268 e. The molecule has 182 valence electrons. The van der Waals surface area contributed by atoms with Gasteiger partial charge in [-0.1, -0.05) is 121 Å². The molecule has 0 amide bonds. The van der Waals surface area contributed by atoms with E-state index in [1.165, 1.54) is 0 Å². The first-order valence-corrected chi connectivity index (χ1v) is 13.1. The quantitative estimate of drug-likeness (QED) is 0.244.